The van der Waals surface area contributed by atoms with Crippen molar-refractivity contribution in [1.29, 1.82) is 0 Å². The van der Waals surface area contributed by atoms with E-state index >= 15 is 0 Å². The van der Waals surface area contributed by atoms with Crippen LogP contribution in [0.2, 0.25) is 0 Å². The summed E-state index contributed by atoms with van der Waals surface area (Å²) in [4.78, 5) is 16.6. The van der Waals surface area contributed by atoms with Gasteiger partial charge in [0.15, 0.2) is 0 Å². The Morgan fingerprint density at radius 3 is 2.85 bits per heavy atom. The van der Waals surface area contributed by atoms with E-state index in [4.69, 9.17) is 0 Å². The molecule has 2 aromatic heterocycles. The van der Waals surface area contributed by atoms with Crippen LogP contribution < -0.4 is 14.7 Å². The minimum Gasteiger partial charge on any atom is -0.458 e. The molecule has 6 heteroatoms. The number of imidazole rings is 1. The Labute approximate surface area is 73.1 Å². The fourth-order valence-corrected chi connectivity index (χ4v) is 1.33. The molecule has 0 bridgehead atoms. The van der Waals surface area contributed by atoms with Gasteiger partial charge in [-0.25, -0.2) is 19.3 Å². The summed E-state index contributed by atoms with van der Waals surface area (Å²) in [5.41, 5.74) is 0.776. The van der Waals surface area contributed by atoms with Gasteiger partial charge in [0.2, 0.25) is 6.33 Å². The van der Waals surface area contributed by atoms with Crippen LogP contribution in [0.4, 0.5) is 0 Å². The van der Waals surface area contributed by atoms with Crippen molar-refractivity contribution in [3.8, 4) is 6.01 Å². The zero-order valence-electron chi connectivity index (χ0n) is 7.33. The van der Waals surface area contributed by atoms with E-state index in [2.05, 4.69) is 9.97 Å². The van der Waals surface area contributed by atoms with Crippen LogP contribution in [0.25, 0.3) is 11.2 Å². The van der Waals surface area contributed by atoms with Crippen LogP contribution in [-0.2, 0) is 14.1 Å². The highest BCUT2D eigenvalue weighted by molar-refractivity contribution is 5.60. The van der Waals surface area contributed by atoms with Crippen molar-refractivity contribution in [3.05, 3.63) is 16.7 Å². The second-order valence-corrected chi connectivity index (χ2v) is 2.92. The molecule has 0 aliphatic rings. The molecule has 68 valence electrons. The van der Waals surface area contributed by atoms with E-state index in [0.717, 1.165) is 0 Å². The van der Waals surface area contributed by atoms with Crippen molar-refractivity contribution in [2.75, 3.05) is 0 Å². The monoisotopic (exact) mass is 182 g/mol. The van der Waals surface area contributed by atoms with E-state index in [9.17, 15) is 9.90 Å². The predicted octanol–water partition coefficient (Wildman–Crippen LogP) is -1.79. The molecule has 2 aromatic rings. The molecule has 0 saturated heterocycles. The van der Waals surface area contributed by atoms with Crippen molar-refractivity contribution in [3.63, 3.8) is 0 Å². The van der Waals surface area contributed by atoms with Crippen LogP contribution in [0, 0.1) is 0 Å². The number of nitrogens with zero attached hydrogens (tertiary/aromatic N) is 2. The third-order valence-corrected chi connectivity index (χ3v) is 2.07. The van der Waals surface area contributed by atoms with Gasteiger partial charge < -0.3 is 5.11 Å². The maximum absolute atomic E-state index is 11.4. The number of hydrogen-bond donors (Lipinski definition) is 3. The molecule has 0 aromatic carbocycles. The van der Waals surface area contributed by atoms with E-state index in [1.807, 2.05) is 0 Å². The lowest BCUT2D eigenvalue weighted by molar-refractivity contribution is -0.667. The molecule has 0 aliphatic carbocycles. The topological polar surface area (TPSA) is 76.6 Å². The van der Waals surface area contributed by atoms with Gasteiger partial charge in [0.1, 0.15) is 0 Å². The number of rotatable bonds is 0. The molecule has 0 saturated carbocycles. The van der Waals surface area contributed by atoms with Crippen LogP contribution in [0.1, 0.15) is 0 Å². The van der Waals surface area contributed by atoms with Crippen molar-refractivity contribution < 1.29 is 14.2 Å². The highest BCUT2D eigenvalue weighted by atomic mass is 16.3. The van der Waals surface area contributed by atoms with Crippen molar-refractivity contribution in [1.82, 2.24) is 9.97 Å². The minimum absolute atomic E-state index is 0.167. The molecule has 0 aliphatic heterocycles. The number of fused-ring (bicyclic) bond motifs is 1. The van der Waals surface area contributed by atoms with Crippen molar-refractivity contribution in [2.24, 2.45) is 14.1 Å². The summed E-state index contributed by atoms with van der Waals surface area (Å²) in [5, 5.41) is 9.29. The molecular formula is C7H10N4O2+2. The summed E-state index contributed by atoms with van der Waals surface area (Å²) in [6.45, 7) is 0. The number of aryl methyl sites for hydroxylation is 2. The summed E-state index contributed by atoms with van der Waals surface area (Å²) in [6.07, 6.45) is 1.65. The Morgan fingerprint density at radius 2 is 2.15 bits per heavy atom. The normalized spacial score (nSPS) is 10.9. The lowest BCUT2D eigenvalue weighted by Crippen LogP contribution is -2.38. The van der Waals surface area contributed by atoms with E-state index < -0.39 is 0 Å². The third kappa shape index (κ3) is 0.915. The average Bonchev–Trinajstić information content (AvgIpc) is 2.44. The zero-order chi connectivity index (χ0) is 9.59. The van der Waals surface area contributed by atoms with Crippen LogP contribution in [0.3, 0.4) is 0 Å². The van der Waals surface area contributed by atoms with Crippen LogP contribution in [0.15, 0.2) is 11.1 Å². The van der Waals surface area contributed by atoms with Crippen LogP contribution in [0.5, 0.6) is 6.01 Å². The number of aromatic nitrogens is 4. The van der Waals surface area contributed by atoms with Gasteiger partial charge in [-0.2, -0.15) is 4.57 Å². The lowest BCUT2D eigenvalue weighted by Gasteiger charge is -1.93. The van der Waals surface area contributed by atoms with Gasteiger partial charge >= 0.3 is 11.6 Å². The van der Waals surface area contributed by atoms with Gasteiger partial charge in [-0.3, -0.25) is 0 Å². The van der Waals surface area contributed by atoms with Gasteiger partial charge in [0, 0.05) is 0 Å². The van der Waals surface area contributed by atoms with E-state index in [1.54, 1.807) is 25.0 Å². The maximum atomic E-state index is 11.4. The fourth-order valence-electron chi connectivity index (χ4n) is 1.33. The molecule has 0 radical (unpaired) electrons. The Bertz CT molecular complexity index is 525. The first-order valence-corrected chi connectivity index (χ1v) is 3.79. The molecule has 0 unspecified atom stereocenters. The number of aromatic amines is 2. The Balaban J connectivity index is 3.08. The molecule has 0 fully saturated rings. The standard InChI is InChI=1S/C7H8N4O2/c1-10-3-8-5-4(10)6(12)9-7(13)11(5)2/h3H,1-2H3,(H,9,12,13)/p+2. The van der Waals surface area contributed by atoms with Crippen molar-refractivity contribution >= 4 is 11.2 Å². The van der Waals surface area contributed by atoms with Crippen LogP contribution >= 0.6 is 0 Å². The molecule has 2 heterocycles. The molecule has 0 amide bonds. The first kappa shape index (κ1) is 7.78. The molecular weight excluding hydrogens is 172 g/mol. The molecule has 13 heavy (non-hydrogen) atoms. The van der Waals surface area contributed by atoms with E-state index in [-0.39, 0.29) is 11.6 Å². The molecule has 6 nitrogen and oxygen atoms in total. The zero-order valence-corrected chi connectivity index (χ0v) is 7.33. The largest absolute Gasteiger partial charge is 0.458 e. The van der Waals surface area contributed by atoms with Gasteiger partial charge in [-0.1, -0.05) is 0 Å². The molecule has 2 rings (SSSR count). The summed E-state index contributed by atoms with van der Waals surface area (Å²) in [6, 6.07) is -0.167. The third-order valence-electron chi connectivity index (χ3n) is 2.07. The van der Waals surface area contributed by atoms with Gasteiger partial charge in [-0.05, 0) is 0 Å². The fraction of sp³-hybridized carbons (Fsp3) is 0.286. The number of nitrogens with one attached hydrogen (secondary N) is 2. The van der Waals surface area contributed by atoms with E-state index in [1.165, 1.54) is 4.57 Å². The number of hydrogen-bond acceptors (Lipinski definition) is 2. The predicted molar refractivity (Wildman–Crippen MR) is 42.9 cm³/mol. The first-order valence-electron chi connectivity index (χ1n) is 3.79. The lowest BCUT2D eigenvalue weighted by atomic mass is 10.5. The number of aromatic hydroxyl groups is 1. The maximum Gasteiger partial charge on any atom is 0.397 e. The summed E-state index contributed by atoms with van der Waals surface area (Å²) >= 11 is 0. The Hall–Kier alpha value is -1.85. The smallest absolute Gasteiger partial charge is 0.397 e. The number of H-pyrrole nitrogens is 2. The van der Waals surface area contributed by atoms with Crippen molar-refractivity contribution in [2.45, 2.75) is 0 Å². The van der Waals surface area contributed by atoms with Gasteiger partial charge in [0.25, 0.3) is 11.2 Å². The van der Waals surface area contributed by atoms with Gasteiger partial charge in [-0.15, -0.1) is 0 Å². The molecule has 0 atom stereocenters. The summed E-state index contributed by atoms with van der Waals surface area (Å²) in [5.74, 6) is 0. The van der Waals surface area contributed by atoms with E-state index in [0.29, 0.717) is 11.2 Å². The minimum atomic E-state index is -0.311. The second-order valence-electron chi connectivity index (χ2n) is 2.92. The highest BCUT2D eigenvalue weighted by Gasteiger charge is 2.18. The molecule has 0 spiro atoms. The Morgan fingerprint density at radius 1 is 1.46 bits per heavy atom. The van der Waals surface area contributed by atoms with Gasteiger partial charge in [0.05, 0.1) is 14.1 Å². The molecule has 3 N–H and O–H groups in total. The Kier molecular flexibility index (Phi) is 1.39. The average molecular weight is 182 g/mol. The highest BCUT2D eigenvalue weighted by Crippen LogP contribution is 1.97. The summed E-state index contributed by atoms with van der Waals surface area (Å²) in [7, 11) is 3.41. The van der Waals surface area contributed by atoms with Crippen LogP contribution in [-0.4, -0.2) is 15.1 Å². The second kappa shape index (κ2) is 2.32. The first-order chi connectivity index (χ1) is 6.11. The quantitative estimate of drug-likeness (QED) is 0.421. The SMILES string of the molecule is C[n+]1c[nH]c2c1c(=O)[nH]c(O)[n+]2C. The summed E-state index contributed by atoms with van der Waals surface area (Å²) < 4.78 is 3.13.